The molecule has 0 saturated carbocycles. The van der Waals surface area contributed by atoms with Crippen molar-refractivity contribution in [3.8, 4) is 11.1 Å². The Kier molecular flexibility index (Phi) is 2.83. The van der Waals surface area contributed by atoms with Gasteiger partial charge in [-0.2, -0.15) is 0 Å². The van der Waals surface area contributed by atoms with Crippen molar-refractivity contribution in [3.05, 3.63) is 52.4 Å². The Morgan fingerprint density at radius 1 is 1.20 bits per heavy atom. The van der Waals surface area contributed by atoms with Gasteiger partial charge in [0.2, 0.25) is 0 Å². The second kappa shape index (κ2) is 4.65. The molecule has 100 valence electrons. The molecule has 2 N–H and O–H groups in total. The van der Waals surface area contributed by atoms with Crippen molar-refractivity contribution >= 4 is 17.0 Å². The van der Waals surface area contributed by atoms with Crippen LogP contribution in [-0.2, 0) is 4.74 Å². The van der Waals surface area contributed by atoms with Gasteiger partial charge in [0.25, 0.3) is 5.56 Å². The molecule has 20 heavy (non-hydrogen) atoms. The van der Waals surface area contributed by atoms with Crippen molar-refractivity contribution in [2.45, 2.75) is 0 Å². The van der Waals surface area contributed by atoms with Crippen LogP contribution in [0.3, 0.4) is 0 Å². The first kappa shape index (κ1) is 12.2. The Bertz CT molecular complexity index is 834. The zero-order valence-corrected chi connectivity index (χ0v) is 10.6. The van der Waals surface area contributed by atoms with Crippen molar-refractivity contribution in [1.82, 2.24) is 15.2 Å². The molecule has 6 heteroatoms. The van der Waals surface area contributed by atoms with Gasteiger partial charge in [0, 0.05) is 5.56 Å². The Morgan fingerprint density at radius 3 is 2.65 bits per heavy atom. The molecule has 0 saturated heterocycles. The molecule has 3 aromatic rings. The molecular formula is C14H11N3O3. The van der Waals surface area contributed by atoms with E-state index in [-0.39, 0.29) is 11.3 Å². The second-order valence-corrected chi connectivity index (χ2v) is 4.22. The number of aromatic nitrogens is 3. The summed E-state index contributed by atoms with van der Waals surface area (Å²) >= 11 is 0. The number of rotatable bonds is 2. The summed E-state index contributed by atoms with van der Waals surface area (Å²) in [5, 5.41) is 5.56. The number of aromatic amines is 2. The normalized spacial score (nSPS) is 10.7. The van der Waals surface area contributed by atoms with Gasteiger partial charge in [-0.15, -0.1) is 0 Å². The highest BCUT2D eigenvalue weighted by Gasteiger charge is 2.16. The number of hydrogen-bond donors (Lipinski definition) is 2. The molecule has 0 radical (unpaired) electrons. The summed E-state index contributed by atoms with van der Waals surface area (Å²) in [5.41, 5.74) is 1.67. The van der Waals surface area contributed by atoms with Gasteiger partial charge in [-0.25, -0.2) is 9.78 Å². The van der Waals surface area contributed by atoms with E-state index < -0.39 is 5.97 Å². The largest absolute Gasteiger partial charge is 0.464 e. The summed E-state index contributed by atoms with van der Waals surface area (Å²) in [7, 11) is 1.29. The average molecular weight is 269 g/mol. The second-order valence-electron chi connectivity index (χ2n) is 4.22. The van der Waals surface area contributed by atoms with Crippen LogP contribution >= 0.6 is 0 Å². The SMILES string of the molecule is COC(=O)c1cc(-c2ccccc2)c2c(=O)[nH][nH]c2n1. The van der Waals surface area contributed by atoms with Crippen LogP contribution in [0.5, 0.6) is 0 Å². The number of carbonyl (C=O) groups is 1. The number of hydrogen-bond acceptors (Lipinski definition) is 4. The van der Waals surface area contributed by atoms with Crippen LogP contribution in [0.4, 0.5) is 0 Å². The fourth-order valence-corrected chi connectivity index (χ4v) is 2.10. The maximum atomic E-state index is 11.9. The van der Waals surface area contributed by atoms with Crippen LogP contribution in [0, 0.1) is 0 Å². The topological polar surface area (TPSA) is 87.8 Å². The van der Waals surface area contributed by atoms with Gasteiger partial charge in [0.15, 0.2) is 11.3 Å². The van der Waals surface area contributed by atoms with Crippen LogP contribution in [0.15, 0.2) is 41.2 Å². The van der Waals surface area contributed by atoms with Gasteiger partial charge in [0.1, 0.15) is 0 Å². The third kappa shape index (κ3) is 1.87. The first-order valence-electron chi connectivity index (χ1n) is 5.96. The molecule has 6 nitrogen and oxygen atoms in total. The van der Waals surface area contributed by atoms with E-state index in [9.17, 15) is 9.59 Å². The number of methoxy groups -OCH3 is 1. The van der Waals surface area contributed by atoms with E-state index in [0.717, 1.165) is 5.56 Å². The summed E-state index contributed by atoms with van der Waals surface area (Å²) in [6, 6.07) is 10.9. The lowest BCUT2D eigenvalue weighted by Crippen LogP contribution is -2.06. The molecule has 0 spiro atoms. The number of nitrogens with one attached hydrogen (secondary N) is 2. The number of benzene rings is 1. The molecule has 0 aliphatic carbocycles. The number of pyridine rings is 1. The third-order valence-electron chi connectivity index (χ3n) is 3.02. The molecule has 1 aromatic carbocycles. The molecule has 0 amide bonds. The lowest BCUT2D eigenvalue weighted by Gasteiger charge is -2.05. The average Bonchev–Trinajstić information content (AvgIpc) is 2.88. The van der Waals surface area contributed by atoms with Gasteiger partial charge in [0.05, 0.1) is 12.5 Å². The fourth-order valence-electron chi connectivity index (χ4n) is 2.10. The van der Waals surface area contributed by atoms with Crippen molar-refractivity contribution in [3.63, 3.8) is 0 Å². The van der Waals surface area contributed by atoms with E-state index in [1.165, 1.54) is 7.11 Å². The highest BCUT2D eigenvalue weighted by atomic mass is 16.5. The number of nitrogens with zero attached hydrogens (tertiary/aromatic N) is 1. The zero-order chi connectivity index (χ0) is 14.1. The molecule has 0 unspecified atom stereocenters. The number of fused-ring (bicyclic) bond motifs is 1. The number of H-pyrrole nitrogens is 2. The van der Waals surface area contributed by atoms with E-state index >= 15 is 0 Å². The van der Waals surface area contributed by atoms with Gasteiger partial charge >= 0.3 is 5.97 Å². The maximum Gasteiger partial charge on any atom is 0.356 e. The Hall–Kier alpha value is -2.89. The third-order valence-corrected chi connectivity index (χ3v) is 3.02. The lowest BCUT2D eigenvalue weighted by atomic mass is 10.0. The summed E-state index contributed by atoms with van der Waals surface area (Å²) in [6.07, 6.45) is 0. The number of esters is 1. The minimum absolute atomic E-state index is 0.147. The molecule has 0 bridgehead atoms. The van der Waals surface area contributed by atoms with Gasteiger partial charge < -0.3 is 4.74 Å². The van der Waals surface area contributed by atoms with Crippen LogP contribution in [0.25, 0.3) is 22.2 Å². The Labute approximate surface area is 113 Å². The summed E-state index contributed by atoms with van der Waals surface area (Å²) in [5.74, 6) is -0.550. The van der Waals surface area contributed by atoms with E-state index in [2.05, 4.69) is 19.9 Å². The minimum atomic E-state index is -0.550. The fraction of sp³-hybridized carbons (Fsp3) is 0.0714. The lowest BCUT2D eigenvalue weighted by molar-refractivity contribution is 0.0594. The number of ether oxygens (including phenoxy) is 1. The van der Waals surface area contributed by atoms with Crippen molar-refractivity contribution in [2.75, 3.05) is 7.11 Å². The van der Waals surface area contributed by atoms with Gasteiger partial charge in [-0.3, -0.25) is 15.0 Å². The predicted molar refractivity (Wildman–Crippen MR) is 73.5 cm³/mol. The van der Waals surface area contributed by atoms with E-state index in [1.807, 2.05) is 30.3 Å². The highest BCUT2D eigenvalue weighted by molar-refractivity contribution is 5.98. The molecule has 2 heterocycles. The predicted octanol–water partition coefficient (Wildman–Crippen LogP) is 1.70. The quantitative estimate of drug-likeness (QED) is 0.693. The maximum absolute atomic E-state index is 11.9. The molecular weight excluding hydrogens is 258 g/mol. The smallest absolute Gasteiger partial charge is 0.356 e. The summed E-state index contributed by atoms with van der Waals surface area (Å²) in [4.78, 5) is 27.6. The summed E-state index contributed by atoms with van der Waals surface area (Å²) < 4.78 is 4.68. The van der Waals surface area contributed by atoms with Crippen LogP contribution in [0.1, 0.15) is 10.5 Å². The van der Waals surface area contributed by atoms with Crippen LogP contribution in [-0.4, -0.2) is 28.3 Å². The standard InChI is InChI=1S/C14H11N3O3/c1-20-14(19)10-7-9(8-5-3-2-4-6-8)11-12(15-10)16-17-13(11)18/h2-7H,1H3,(H2,15,16,17,18). The van der Waals surface area contributed by atoms with Gasteiger partial charge in [-0.1, -0.05) is 30.3 Å². The first-order chi connectivity index (χ1) is 9.70. The van der Waals surface area contributed by atoms with Crippen molar-refractivity contribution < 1.29 is 9.53 Å². The summed E-state index contributed by atoms with van der Waals surface area (Å²) in [6.45, 7) is 0. The molecule has 0 fully saturated rings. The number of carbonyl (C=O) groups excluding carboxylic acids is 1. The van der Waals surface area contributed by atoms with E-state index in [4.69, 9.17) is 0 Å². The molecule has 0 aliphatic heterocycles. The highest BCUT2D eigenvalue weighted by Crippen LogP contribution is 2.25. The Balaban J connectivity index is 2.36. The molecule has 0 aliphatic rings. The molecule has 0 atom stereocenters. The first-order valence-corrected chi connectivity index (χ1v) is 5.96. The minimum Gasteiger partial charge on any atom is -0.464 e. The molecule has 2 aromatic heterocycles. The zero-order valence-electron chi connectivity index (χ0n) is 10.6. The van der Waals surface area contributed by atoms with E-state index in [0.29, 0.717) is 16.6 Å². The van der Waals surface area contributed by atoms with Crippen molar-refractivity contribution in [1.29, 1.82) is 0 Å². The van der Waals surface area contributed by atoms with Gasteiger partial charge in [-0.05, 0) is 11.6 Å². The monoisotopic (exact) mass is 269 g/mol. The Morgan fingerprint density at radius 2 is 1.95 bits per heavy atom. The van der Waals surface area contributed by atoms with Crippen LogP contribution < -0.4 is 5.56 Å². The van der Waals surface area contributed by atoms with E-state index in [1.54, 1.807) is 6.07 Å². The molecule has 3 rings (SSSR count). The van der Waals surface area contributed by atoms with Crippen molar-refractivity contribution in [2.24, 2.45) is 0 Å². The van der Waals surface area contributed by atoms with Crippen LogP contribution in [0.2, 0.25) is 0 Å².